The van der Waals surface area contributed by atoms with Crippen LogP contribution < -0.4 is 0 Å². The molecular formula is C15H22O. The molecule has 0 heterocycles. The van der Waals surface area contributed by atoms with Crippen LogP contribution in [0.4, 0.5) is 0 Å². The molecular weight excluding hydrogens is 196 g/mol. The fraction of sp³-hybridized carbons (Fsp3) is 0.467. The summed E-state index contributed by atoms with van der Waals surface area (Å²) in [6, 6.07) is 9.84. The number of benzene rings is 1. The fourth-order valence-corrected chi connectivity index (χ4v) is 2.24. The molecule has 0 aliphatic carbocycles. The van der Waals surface area contributed by atoms with Gasteiger partial charge >= 0.3 is 0 Å². The second-order valence-electron chi connectivity index (χ2n) is 5.41. The summed E-state index contributed by atoms with van der Waals surface area (Å²) in [5.74, 6) is 0.00917. The van der Waals surface area contributed by atoms with Gasteiger partial charge in [0.1, 0.15) is 5.60 Å². The maximum atomic E-state index is 11.0. The molecule has 0 amide bonds. The smallest absolute Gasteiger partial charge is 0.100 e. The van der Waals surface area contributed by atoms with E-state index < -0.39 is 5.60 Å². The van der Waals surface area contributed by atoms with Crippen molar-refractivity contribution in [2.24, 2.45) is 11.3 Å². The molecule has 0 saturated carbocycles. The lowest BCUT2D eigenvalue weighted by atomic mass is 9.66. The molecule has 1 nitrogen and oxygen atoms in total. The fourth-order valence-electron chi connectivity index (χ4n) is 2.24. The van der Waals surface area contributed by atoms with E-state index in [1.165, 1.54) is 0 Å². The lowest BCUT2D eigenvalue weighted by Crippen LogP contribution is -2.44. The summed E-state index contributed by atoms with van der Waals surface area (Å²) in [5.41, 5.74) is -0.160. The topological polar surface area (TPSA) is 20.2 Å². The maximum Gasteiger partial charge on any atom is 0.100 e. The minimum atomic E-state index is -0.879. The molecule has 0 bridgehead atoms. The van der Waals surface area contributed by atoms with Crippen LogP contribution in [0.15, 0.2) is 43.0 Å². The van der Waals surface area contributed by atoms with E-state index in [9.17, 15) is 5.11 Å². The van der Waals surface area contributed by atoms with Crippen LogP contribution in [0.3, 0.4) is 0 Å². The number of hydrogen-bond acceptors (Lipinski definition) is 1. The molecule has 1 heteroatoms. The molecule has 0 radical (unpaired) electrons. The highest BCUT2D eigenvalue weighted by Crippen LogP contribution is 2.45. The molecule has 0 aliphatic rings. The standard InChI is InChI=1S/C15H22O/c1-6-12(2)15(16,14(3,4)5)13-10-8-7-9-11-13/h6-12,16H,1H2,2-5H3. The van der Waals surface area contributed by atoms with Crippen molar-refractivity contribution < 1.29 is 5.11 Å². The molecule has 2 unspecified atom stereocenters. The Labute approximate surface area is 98.8 Å². The van der Waals surface area contributed by atoms with Gasteiger partial charge in [0.05, 0.1) is 0 Å². The molecule has 0 fully saturated rings. The van der Waals surface area contributed by atoms with Gasteiger partial charge in [0.2, 0.25) is 0 Å². The Hall–Kier alpha value is -1.08. The molecule has 2 atom stereocenters. The van der Waals surface area contributed by atoms with Crippen LogP contribution >= 0.6 is 0 Å². The van der Waals surface area contributed by atoms with Crippen molar-refractivity contribution >= 4 is 0 Å². The third-order valence-corrected chi connectivity index (χ3v) is 3.37. The highest BCUT2D eigenvalue weighted by atomic mass is 16.3. The zero-order valence-electron chi connectivity index (χ0n) is 10.7. The van der Waals surface area contributed by atoms with Crippen molar-refractivity contribution in [2.75, 3.05) is 0 Å². The number of rotatable bonds is 3. The summed E-state index contributed by atoms with van der Waals surface area (Å²) in [6.45, 7) is 12.0. The summed E-state index contributed by atoms with van der Waals surface area (Å²) in [7, 11) is 0. The van der Waals surface area contributed by atoms with E-state index in [1.54, 1.807) is 0 Å². The summed E-state index contributed by atoms with van der Waals surface area (Å²) in [5, 5.41) is 11.0. The monoisotopic (exact) mass is 218 g/mol. The predicted octanol–water partition coefficient (Wildman–Crippen LogP) is 3.74. The first kappa shape index (κ1) is 13.0. The van der Waals surface area contributed by atoms with Gasteiger partial charge in [-0.3, -0.25) is 0 Å². The van der Waals surface area contributed by atoms with E-state index in [0.29, 0.717) is 0 Å². The van der Waals surface area contributed by atoms with Gasteiger partial charge in [0, 0.05) is 5.92 Å². The van der Waals surface area contributed by atoms with Crippen molar-refractivity contribution in [3.8, 4) is 0 Å². The molecule has 0 aromatic heterocycles. The van der Waals surface area contributed by atoms with Crippen LogP contribution in [0.25, 0.3) is 0 Å². The van der Waals surface area contributed by atoms with E-state index in [4.69, 9.17) is 0 Å². The van der Waals surface area contributed by atoms with Crippen LogP contribution in [0.2, 0.25) is 0 Å². The van der Waals surface area contributed by atoms with Crippen LogP contribution in [0.1, 0.15) is 33.3 Å². The highest BCUT2D eigenvalue weighted by molar-refractivity contribution is 5.26. The normalized spacial score (nSPS) is 17.6. The number of aliphatic hydroxyl groups is 1. The Morgan fingerprint density at radius 3 is 2.06 bits per heavy atom. The van der Waals surface area contributed by atoms with E-state index >= 15 is 0 Å². The minimum Gasteiger partial charge on any atom is -0.384 e. The molecule has 1 aromatic carbocycles. The van der Waals surface area contributed by atoms with Gasteiger partial charge in [-0.25, -0.2) is 0 Å². The third kappa shape index (κ3) is 2.05. The molecule has 0 spiro atoms. The van der Waals surface area contributed by atoms with Gasteiger partial charge < -0.3 is 5.11 Å². The van der Waals surface area contributed by atoms with Crippen molar-refractivity contribution in [1.29, 1.82) is 0 Å². The van der Waals surface area contributed by atoms with Gasteiger partial charge in [-0.15, -0.1) is 6.58 Å². The quantitative estimate of drug-likeness (QED) is 0.766. The van der Waals surface area contributed by atoms with Crippen molar-refractivity contribution in [1.82, 2.24) is 0 Å². The lowest BCUT2D eigenvalue weighted by molar-refractivity contribution is -0.0933. The average Bonchev–Trinajstić information content (AvgIpc) is 2.26. The molecule has 1 rings (SSSR count). The van der Waals surface area contributed by atoms with Crippen molar-refractivity contribution in [2.45, 2.75) is 33.3 Å². The van der Waals surface area contributed by atoms with Crippen LogP contribution in [-0.2, 0) is 5.60 Å². The molecule has 88 valence electrons. The Bertz CT molecular complexity index is 347. The van der Waals surface area contributed by atoms with Gasteiger partial charge in [0.25, 0.3) is 0 Å². The first-order valence-electron chi connectivity index (χ1n) is 5.74. The Morgan fingerprint density at radius 1 is 1.19 bits per heavy atom. The Morgan fingerprint density at radius 2 is 1.69 bits per heavy atom. The van der Waals surface area contributed by atoms with E-state index in [1.807, 2.05) is 43.3 Å². The number of hydrogen-bond donors (Lipinski definition) is 1. The molecule has 1 N–H and O–H groups in total. The second-order valence-corrected chi connectivity index (χ2v) is 5.41. The van der Waals surface area contributed by atoms with Gasteiger partial charge in [-0.05, 0) is 11.0 Å². The first-order chi connectivity index (χ1) is 7.34. The Kier molecular flexibility index (Phi) is 3.59. The zero-order valence-corrected chi connectivity index (χ0v) is 10.7. The summed E-state index contributed by atoms with van der Waals surface area (Å²) in [4.78, 5) is 0. The molecule has 0 saturated heterocycles. The van der Waals surface area contributed by atoms with Gasteiger partial charge in [-0.2, -0.15) is 0 Å². The van der Waals surface area contributed by atoms with Gasteiger partial charge in [-0.1, -0.05) is 64.1 Å². The largest absolute Gasteiger partial charge is 0.384 e. The SMILES string of the molecule is C=CC(C)C(O)(c1ccccc1)C(C)(C)C. The van der Waals surface area contributed by atoms with E-state index in [-0.39, 0.29) is 11.3 Å². The van der Waals surface area contributed by atoms with Crippen LogP contribution in [0, 0.1) is 11.3 Å². The van der Waals surface area contributed by atoms with E-state index in [0.717, 1.165) is 5.56 Å². The summed E-state index contributed by atoms with van der Waals surface area (Å²) >= 11 is 0. The van der Waals surface area contributed by atoms with Crippen molar-refractivity contribution in [3.05, 3.63) is 48.6 Å². The highest BCUT2D eigenvalue weighted by Gasteiger charge is 2.44. The van der Waals surface area contributed by atoms with E-state index in [2.05, 4.69) is 27.4 Å². The van der Waals surface area contributed by atoms with Crippen LogP contribution in [0.5, 0.6) is 0 Å². The van der Waals surface area contributed by atoms with Crippen molar-refractivity contribution in [3.63, 3.8) is 0 Å². The summed E-state index contributed by atoms with van der Waals surface area (Å²) < 4.78 is 0. The maximum absolute atomic E-state index is 11.0. The second kappa shape index (κ2) is 4.42. The lowest BCUT2D eigenvalue weighted by Gasteiger charge is -2.44. The average molecular weight is 218 g/mol. The predicted molar refractivity (Wildman–Crippen MR) is 69.2 cm³/mol. The zero-order chi connectivity index (χ0) is 12.4. The van der Waals surface area contributed by atoms with Crippen LogP contribution in [-0.4, -0.2) is 5.11 Å². The molecule has 0 aliphatic heterocycles. The summed E-state index contributed by atoms with van der Waals surface area (Å²) in [6.07, 6.45) is 1.82. The Balaban J connectivity index is 3.32. The first-order valence-corrected chi connectivity index (χ1v) is 5.74. The minimum absolute atomic E-state index is 0.00917. The molecule has 16 heavy (non-hydrogen) atoms. The van der Waals surface area contributed by atoms with Gasteiger partial charge in [0.15, 0.2) is 0 Å². The molecule has 1 aromatic rings. The third-order valence-electron chi connectivity index (χ3n) is 3.37.